The van der Waals surface area contributed by atoms with Gasteiger partial charge in [-0.05, 0) is 24.7 Å². The molecule has 4 heteroatoms. The van der Waals surface area contributed by atoms with E-state index in [1.54, 1.807) is 0 Å². The van der Waals surface area contributed by atoms with E-state index < -0.39 is 0 Å². The summed E-state index contributed by atoms with van der Waals surface area (Å²) in [6, 6.07) is 0. The first-order valence-electron chi connectivity index (χ1n) is 7.23. The molecule has 0 unspecified atom stereocenters. The molecular weight excluding hydrogens is 236 g/mol. The van der Waals surface area contributed by atoms with Gasteiger partial charge < -0.3 is 9.13 Å². The second-order valence-corrected chi connectivity index (χ2v) is 5.84. The minimum atomic E-state index is 0.509. The first-order valence-corrected chi connectivity index (χ1v) is 7.23. The van der Waals surface area contributed by atoms with Crippen molar-refractivity contribution in [1.29, 1.82) is 0 Å². The second kappa shape index (κ2) is 4.83. The molecule has 1 aliphatic rings. The summed E-state index contributed by atoms with van der Waals surface area (Å²) < 4.78 is 4.32. The topological polar surface area (TPSA) is 35.6 Å². The summed E-state index contributed by atoms with van der Waals surface area (Å²) in [7, 11) is 2.02. The molecule has 0 N–H and O–H groups in total. The number of hydrogen-bond donors (Lipinski definition) is 0. The lowest BCUT2D eigenvalue weighted by Gasteiger charge is -2.42. The van der Waals surface area contributed by atoms with Crippen LogP contribution in [-0.2, 0) is 13.6 Å². The van der Waals surface area contributed by atoms with Crippen LogP contribution in [0, 0.1) is 5.41 Å². The van der Waals surface area contributed by atoms with Crippen molar-refractivity contribution in [3.8, 4) is 11.6 Å². The highest BCUT2D eigenvalue weighted by molar-refractivity contribution is 5.44. The third-order valence-corrected chi connectivity index (χ3v) is 4.44. The Morgan fingerprint density at radius 2 is 1.89 bits per heavy atom. The molecule has 0 radical (unpaired) electrons. The molecule has 0 spiro atoms. The van der Waals surface area contributed by atoms with E-state index >= 15 is 0 Å². The van der Waals surface area contributed by atoms with E-state index in [2.05, 4.69) is 27.7 Å². The van der Waals surface area contributed by atoms with Gasteiger partial charge in [0.25, 0.3) is 0 Å². The van der Waals surface area contributed by atoms with Gasteiger partial charge in [0, 0.05) is 38.4 Å². The highest BCUT2D eigenvalue weighted by Gasteiger charge is 2.36. The first-order chi connectivity index (χ1) is 9.24. The van der Waals surface area contributed by atoms with Crippen molar-refractivity contribution in [2.75, 3.05) is 0 Å². The Kier molecular flexibility index (Phi) is 3.17. The van der Waals surface area contributed by atoms with Gasteiger partial charge in [-0.25, -0.2) is 9.97 Å². The van der Waals surface area contributed by atoms with Crippen LogP contribution >= 0.6 is 0 Å². The SMILES string of the molecule is CCCC1(Cn2ccnc2-c2nccn2C)CCC1. The highest BCUT2D eigenvalue weighted by atomic mass is 15.1. The van der Waals surface area contributed by atoms with Crippen LogP contribution in [-0.4, -0.2) is 19.1 Å². The summed E-state index contributed by atoms with van der Waals surface area (Å²) in [5.74, 6) is 1.95. The van der Waals surface area contributed by atoms with Gasteiger partial charge in [-0.3, -0.25) is 0 Å². The number of aryl methyl sites for hydroxylation is 1. The molecule has 0 saturated heterocycles. The zero-order chi connectivity index (χ0) is 13.3. The van der Waals surface area contributed by atoms with Crippen molar-refractivity contribution in [1.82, 2.24) is 19.1 Å². The Morgan fingerprint density at radius 3 is 2.47 bits per heavy atom. The van der Waals surface area contributed by atoms with E-state index in [0.29, 0.717) is 5.41 Å². The molecule has 4 nitrogen and oxygen atoms in total. The summed E-state index contributed by atoms with van der Waals surface area (Å²) >= 11 is 0. The summed E-state index contributed by atoms with van der Waals surface area (Å²) in [6.07, 6.45) is 14.5. The van der Waals surface area contributed by atoms with Crippen molar-refractivity contribution in [3.63, 3.8) is 0 Å². The summed E-state index contributed by atoms with van der Waals surface area (Å²) in [5, 5.41) is 0. The summed E-state index contributed by atoms with van der Waals surface area (Å²) in [5.41, 5.74) is 0.509. The van der Waals surface area contributed by atoms with Gasteiger partial charge in [-0.1, -0.05) is 19.8 Å². The molecule has 0 aliphatic heterocycles. The highest BCUT2D eigenvalue weighted by Crippen LogP contribution is 2.46. The third-order valence-electron chi connectivity index (χ3n) is 4.44. The van der Waals surface area contributed by atoms with Crippen LogP contribution in [0.2, 0.25) is 0 Å². The summed E-state index contributed by atoms with van der Waals surface area (Å²) in [4.78, 5) is 8.92. The van der Waals surface area contributed by atoms with Crippen molar-refractivity contribution < 1.29 is 0 Å². The van der Waals surface area contributed by atoms with E-state index in [-0.39, 0.29) is 0 Å². The van der Waals surface area contributed by atoms with Gasteiger partial charge in [0.1, 0.15) is 0 Å². The van der Waals surface area contributed by atoms with Crippen molar-refractivity contribution in [2.24, 2.45) is 12.5 Å². The second-order valence-electron chi connectivity index (χ2n) is 5.84. The molecular formula is C15H22N4. The van der Waals surface area contributed by atoms with E-state index in [9.17, 15) is 0 Å². The average molecular weight is 258 g/mol. The first kappa shape index (κ1) is 12.5. The Morgan fingerprint density at radius 1 is 1.16 bits per heavy atom. The molecule has 1 saturated carbocycles. The number of rotatable bonds is 5. The van der Waals surface area contributed by atoms with Gasteiger partial charge in [0.15, 0.2) is 11.6 Å². The number of nitrogens with zero attached hydrogens (tertiary/aromatic N) is 4. The molecule has 2 aromatic heterocycles. The predicted molar refractivity (Wildman–Crippen MR) is 75.6 cm³/mol. The van der Waals surface area contributed by atoms with Crippen LogP contribution in [0.5, 0.6) is 0 Å². The lowest BCUT2D eigenvalue weighted by molar-refractivity contribution is 0.0929. The Bertz CT molecular complexity index is 548. The Balaban J connectivity index is 1.87. The van der Waals surface area contributed by atoms with E-state index in [1.807, 2.05) is 30.2 Å². The van der Waals surface area contributed by atoms with Crippen LogP contribution in [0.4, 0.5) is 0 Å². The number of aromatic nitrogens is 4. The molecule has 102 valence electrons. The number of hydrogen-bond acceptors (Lipinski definition) is 2. The van der Waals surface area contributed by atoms with E-state index in [1.165, 1.54) is 32.1 Å². The molecule has 0 amide bonds. The fourth-order valence-electron chi connectivity index (χ4n) is 3.28. The molecule has 0 bridgehead atoms. The fraction of sp³-hybridized carbons (Fsp3) is 0.600. The van der Waals surface area contributed by atoms with Crippen LogP contribution < -0.4 is 0 Å². The maximum atomic E-state index is 4.50. The molecule has 2 aromatic rings. The Hall–Kier alpha value is -1.58. The molecule has 1 aliphatic carbocycles. The minimum Gasteiger partial charge on any atom is -0.331 e. The molecule has 1 fully saturated rings. The lowest BCUT2D eigenvalue weighted by Crippen LogP contribution is -2.34. The van der Waals surface area contributed by atoms with Gasteiger partial charge in [-0.2, -0.15) is 0 Å². The fourth-order valence-corrected chi connectivity index (χ4v) is 3.28. The van der Waals surface area contributed by atoms with Crippen LogP contribution in [0.25, 0.3) is 11.6 Å². The van der Waals surface area contributed by atoms with Crippen LogP contribution in [0.15, 0.2) is 24.8 Å². The smallest absolute Gasteiger partial charge is 0.176 e. The number of imidazole rings is 2. The van der Waals surface area contributed by atoms with E-state index in [0.717, 1.165) is 18.2 Å². The zero-order valence-corrected chi connectivity index (χ0v) is 11.8. The summed E-state index contributed by atoms with van der Waals surface area (Å²) in [6.45, 7) is 3.37. The minimum absolute atomic E-state index is 0.509. The molecule has 19 heavy (non-hydrogen) atoms. The monoisotopic (exact) mass is 258 g/mol. The molecule has 3 rings (SSSR count). The average Bonchev–Trinajstić information content (AvgIpc) is 2.95. The zero-order valence-electron chi connectivity index (χ0n) is 11.8. The largest absolute Gasteiger partial charge is 0.331 e. The lowest BCUT2D eigenvalue weighted by atomic mass is 9.66. The van der Waals surface area contributed by atoms with Crippen molar-refractivity contribution in [2.45, 2.75) is 45.6 Å². The van der Waals surface area contributed by atoms with Gasteiger partial charge >= 0.3 is 0 Å². The van der Waals surface area contributed by atoms with E-state index in [4.69, 9.17) is 0 Å². The van der Waals surface area contributed by atoms with Crippen molar-refractivity contribution >= 4 is 0 Å². The molecule has 0 aromatic carbocycles. The Labute approximate surface area is 114 Å². The standard InChI is InChI=1S/C15H22N4/c1-3-5-15(6-4-7-15)12-19-11-9-17-14(19)13-16-8-10-18(13)2/h8-11H,3-7,12H2,1-2H3. The maximum Gasteiger partial charge on any atom is 0.176 e. The van der Waals surface area contributed by atoms with Gasteiger partial charge in [0.05, 0.1) is 0 Å². The van der Waals surface area contributed by atoms with Crippen molar-refractivity contribution in [3.05, 3.63) is 24.8 Å². The predicted octanol–water partition coefficient (Wildman–Crippen LogP) is 3.25. The quantitative estimate of drug-likeness (QED) is 0.825. The van der Waals surface area contributed by atoms with Crippen LogP contribution in [0.3, 0.4) is 0 Å². The third kappa shape index (κ3) is 2.20. The maximum absolute atomic E-state index is 4.50. The molecule has 2 heterocycles. The van der Waals surface area contributed by atoms with Gasteiger partial charge in [-0.15, -0.1) is 0 Å². The normalized spacial score (nSPS) is 17.4. The van der Waals surface area contributed by atoms with Crippen LogP contribution in [0.1, 0.15) is 39.0 Å². The molecule has 0 atom stereocenters. The van der Waals surface area contributed by atoms with Gasteiger partial charge in [0.2, 0.25) is 0 Å².